The van der Waals surface area contributed by atoms with Crippen LogP contribution < -0.4 is 11.3 Å². The molecule has 0 saturated heterocycles. The van der Waals surface area contributed by atoms with Crippen LogP contribution in [0.15, 0.2) is 11.0 Å². The van der Waals surface area contributed by atoms with E-state index in [2.05, 4.69) is 14.7 Å². The predicted molar refractivity (Wildman–Crippen MR) is 56.0 cm³/mol. The van der Waals surface area contributed by atoms with E-state index in [0.717, 1.165) is 0 Å². The van der Waals surface area contributed by atoms with Gasteiger partial charge in [0.25, 0.3) is 5.56 Å². The van der Waals surface area contributed by atoms with Gasteiger partial charge in [0, 0.05) is 6.20 Å². The third-order valence-electron chi connectivity index (χ3n) is 1.54. The van der Waals surface area contributed by atoms with E-state index in [1.165, 1.54) is 6.20 Å². The number of hydrogen-bond donors (Lipinski definition) is 2. The fraction of sp³-hybridized carbons (Fsp3) is 0.375. The Hall–Kier alpha value is -1.40. The fourth-order valence-electron chi connectivity index (χ4n) is 0.890. The third kappa shape index (κ3) is 3.34. The molecule has 6 nitrogen and oxygen atoms in total. The number of H-pyrrole nitrogens is 1. The van der Waals surface area contributed by atoms with Crippen LogP contribution in [-0.2, 0) is 11.3 Å². The van der Waals surface area contributed by atoms with Crippen LogP contribution in [0, 0.1) is 0 Å². The Morgan fingerprint density at radius 2 is 2.33 bits per heavy atom. The molecule has 0 aliphatic rings. The lowest BCUT2D eigenvalue weighted by atomic mass is 10.3. The number of aromatic amines is 1. The highest BCUT2D eigenvalue weighted by molar-refractivity contribution is 5.88. The van der Waals surface area contributed by atoms with Crippen LogP contribution in [-0.4, -0.2) is 22.5 Å². The molecule has 1 rings (SSSR count). The minimum Gasteiger partial charge on any atom is -0.462 e. The second-order valence-corrected chi connectivity index (χ2v) is 2.50. The summed E-state index contributed by atoms with van der Waals surface area (Å²) in [5.74, 6) is -0.340. The number of halogens is 1. The molecule has 1 aromatic rings. The summed E-state index contributed by atoms with van der Waals surface area (Å²) >= 11 is 0. The van der Waals surface area contributed by atoms with Gasteiger partial charge in [-0.05, 0) is 6.92 Å². The van der Waals surface area contributed by atoms with E-state index in [1.54, 1.807) is 6.92 Å². The summed E-state index contributed by atoms with van der Waals surface area (Å²) in [6.45, 7) is 2.00. The van der Waals surface area contributed by atoms with E-state index in [9.17, 15) is 9.59 Å². The molecule has 0 aliphatic carbocycles. The van der Waals surface area contributed by atoms with Crippen LogP contribution in [0.1, 0.15) is 23.1 Å². The molecule has 1 heterocycles. The average Bonchev–Trinajstić information content (AvgIpc) is 2.17. The van der Waals surface area contributed by atoms with Gasteiger partial charge in [0.1, 0.15) is 11.4 Å². The van der Waals surface area contributed by atoms with Crippen LogP contribution in [0.2, 0.25) is 0 Å². The van der Waals surface area contributed by atoms with Crippen molar-refractivity contribution >= 4 is 18.4 Å². The van der Waals surface area contributed by atoms with Gasteiger partial charge in [0.2, 0.25) is 0 Å². The maximum absolute atomic E-state index is 11.3. The fourth-order valence-corrected chi connectivity index (χ4v) is 0.890. The van der Waals surface area contributed by atoms with Gasteiger partial charge in [-0.3, -0.25) is 4.79 Å². The number of nitrogens with two attached hydrogens (primary N) is 1. The van der Waals surface area contributed by atoms with Crippen LogP contribution in [0.5, 0.6) is 0 Å². The van der Waals surface area contributed by atoms with Crippen molar-refractivity contribution in [3.05, 3.63) is 27.9 Å². The van der Waals surface area contributed by atoms with E-state index in [1.807, 2.05) is 0 Å². The van der Waals surface area contributed by atoms with Gasteiger partial charge < -0.3 is 15.5 Å². The normalized spacial score (nSPS) is 9.20. The van der Waals surface area contributed by atoms with Crippen molar-refractivity contribution in [2.75, 3.05) is 6.61 Å². The van der Waals surface area contributed by atoms with E-state index in [0.29, 0.717) is 5.82 Å². The maximum atomic E-state index is 11.3. The quantitative estimate of drug-likeness (QED) is 0.706. The molecule has 0 aromatic carbocycles. The molecule has 0 spiro atoms. The molecule has 0 bridgehead atoms. The molecular formula is C8H12ClN3O3. The number of nitrogens with zero attached hydrogens (tertiary/aromatic N) is 1. The Bertz CT molecular complexity index is 391. The van der Waals surface area contributed by atoms with Crippen molar-refractivity contribution in [2.24, 2.45) is 5.73 Å². The van der Waals surface area contributed by atoms with Crippen molar-refractivity contribution in [1.29, 1.82) is 0 Å². The molecule has 84 valence electrons. The summed E-state index contributed by atoms with van der Waals surface area (Å²) in [5, 5.41) is 0. The molecule has 3 N–H and O–H groups in total. The number of carbonyl (C=O) groups excluding carboxylic acids is 1. The minimum atomic E-state index is -0.676. The third-order valence-corrected chi connectivity index (χ3v) is 1.54. The molecule has 15 heavy (non-hydrogen) atoms. The molecule has 0 amide bonds. The molecule has 0 radical (unpaired) electrons. The molecule has 0 atom stereocenters. The predicted octanol–water partition coefficient (Wildman–Crippen LogP) is -0.173. The molecule has 7 heteroatoms. The highest BCUT2D eigenvalue weighted by atomic mass is 35.5. The first-order valence-electron chi connectivity index (χ1n) is 4.14. The second-order valence-electron chi connectivity index (χ2n) is 2.50. The van der Waals surface area contributed by atoms with Gasteiger partial charge >= 0.3 is 5.97 Å². The smallest absolute Gasteiger partial charge is 0.345 e. The van der Waals surface area contributed by atoms with E-state index >= 15 is 0 Å². The number of aromatic nitrogens is 2. The van der Waals surface area contributed by atoms with Gasteiger partial charge in [-0.1, -0.05) is 0 Å². The first-order valence-corrected chi connectivity index (χ1v) is 4.14. The standard InChI is InChI=1S/C8H11N3O3.ClH/c1-2-14-8(13)5-4-10-6(3-9)11-7(5)12;/h4H,2-3,9H2,1H3,(H,10,11,12);1H. The van der Waals surface area contributed by atoms with E-state index in [4.69, 9.17) is 5.73 Å². The number of esters is 1. The van der Waals surface area contributed by atoms with Crippen molar-refractivity contribution in [3.8, 4) is 0 Å². The number of carbonyl (C=O) groups is 1. The Balaban J connectivity index is 0.00000196. The van der Waals surface area contributed by atoms with Crippen molar-refractivity contribution < 1.29 is 9.53 Å². The van der Waals surface area contributed by atoms with Gasteiger partial charge in [-0.25, -0.2) is 9.78 Å². The van der Waals surface area contributed by atoms with Crippen LogP contribution in [0.4, 0.5) is 0 Å². The van der Waals surface area contributed by atoms with Crippen LogP contribution >= 0.6 is 12.4 Å². The van der Waals surface area contributed by atoms with Crippen molar-refractivity contribution in [2.45, 2.75) is 13.5 Å². The van der Waals surface area contributed by atoms with E-state index in [-0.39, 0.29) is 31.1 Å². The summed E-state index contributed by atoms with van der Waals surface area (Å²) < 4.78 is 4.65. The molecule has 0 saturated carbocycles. The second kappa shape index (κ2) is 6.15. The van der Waals surface area contributed by atoms with Crippen LogP contribution in [0.25, 0.3) is 0 Å². The Labute approximate surface area is 92.3 Å². The zero-order valence-corrected chi connectivity index (χ0v) is 8.97. The Kier molecular flexibility index (Phi) is 5.58. The van der Waals surface area contributed by atoms with E-state index < -0.39 is 11.5 Å². The summed E-state index contributed by atoms with van der Waals surface area (Å²) in [6, 6.07) is 0. The summed E-state index contributed by atoms with van der Waals surface area (Å²) in [7, 11) is 0. The lowest BCUT2D eigenvalue weighted by molar-refractivity contribution is 0.0523. The Morgan fingerprint density at radius 3 is 2.80 bits per heavy atom. The van der Waals surface area contributed by atoms with Gasteiger partial charge in [0.05, 0.1) is 13.2 Å². The van der Waals surface area contributed by atoms with Crippen LogP contribution in [0.3, 0.4) is 0 Å². The van der Waals surface area contributed by atoms with Gasteiger partial charge in [-0.15, -0.1) is 12.4 Å². The zero-order valence-electron chi connectivity index (χ0n) is 8.15. The molecule has 0 fully saturated rings. The topological polar surface area (TPSA) is 98.1 Å². The minimum absolute atomic E-state index is 0. The molecule has 0 unspecified atom stereocenters. The average molecular weight is 234 g/mol. The van der Waals surface area contributed by atoms with Crippen molar-refractivity contribution in [3.63, 3.8) is 0 Å². The van der Waals surface area contributed by atoms with Crippen molar-refractivity contribution in [1.82, 2.24) is 9.97 Å². The summed E-state index contributed by atoms with van der Waals surface area (Å²) in [4.78, 5) is 28.6. The highest BCUT2D eigenvalue weighted by Gasteiger charge is 2.11. The first-order chi connectivity index (χ1) is 6.69. The zero-order chi connectivity index (χ0) is 10.6. The number of rotatable bonds is 3. The maximum Gasteiger partial charge on any atom is 0.345 e. The molecule has 0 aliphatic heterocycles. The highest BCUT2D eigenvalue weighted by Crippen LogP contribution is 1.93. The van der Waals surface area contributed by atoms with Gasteiger partial charge in [-0.2, -0.15) is 0 Å². The first kappa shape index (κ1) is 13.6. The molecular weight excluding hydrogens is 222 g/mol. The van der Waals surface area contributed by atoms with Gasteiger partial charge in [0.15, 0.2) is 0 Å². The monoisotopic (exact) mass is 233 g/mol. The number of nitrogens with one attached hydrogen (secondary N) is 1. The largest absolute Gasteiger partial charge is 0.462 e. The SMILES string of the molecule is CCOC(=O)c1cnc(CN)[nH]c1=O.Cl. The summed E-state index contributed by atoms with van der Waals surface area (Å²) in [6.07, 6.45) is 1.17. The molecule has 1 aromatic heterocycles. The Morgan fingerprint density at radius 1 is 1.67 bits per heavy atom. The lowest BCUT2D eigenvalue weighted by Crippen LogP contribution is -2.22. The number of hydrogen-bond acceptors (Lipinski definition) is 5. The lowest BCUT2D eigenvalue weighted by Gasteiger charge is -2.00. The summed E-state index contributed by atoms with van der Waals surface area (Å²) in [5.41, 5.74) is 4.62. The number of ether oxygens (including phenoxy) is 1.